The maximum absolute atomic E-state index is 13.1. The summed E-state index contributed by atoms with van der Waals surface area (Å²) < 4.78 is 24.0. The number of nitrogens with one attached hydrogen (secondary N) is 1. The molecule has 3 heterocycles. The van der Waals surface area contributed by atoms with Crippen molar-refractivity contribution >= 4 is 39.9 Å². The highest BCUT2D eigenvalue weighted by atomic mass is 35.5. The Labute approximate surface area is 272 Å². The quantitative estimate of drug-likeness (QED) is 0.164. The molecule has 46 heavy (non-hydrogen) atoms. The number of anilines is 2. The molecule has 3 aromatic heterocycles. The highest BCUT2D eigenvalue weighted by molar-refractivity contribution is 6.30. The molecule has 0 bridgehead atoms. The summed E-state index contributed by atoms with van der Waals surface area (Å²) in [4.78, 5) is 24.6. The maximum atomic E-state index is 13.1. The summed E-state index contributed by atoms with van der Waals surface area (Å²) in [6.45, 7) is 0.835. The summed E-state index contributed by atoms with van der Waals surface area (Å²) in [5.74, 6) is 3.76. The molecule has 0 saturated heterocycles. The van der Waals surface area contributed by atoms with Crippen molar-refractivity contribution in [2.24, 2.45) is 13.0 Å². The van der Waals surface area contributed by atoms with Gasteiger partial charge in [0.15, 0.2) is 0 Å². The van der Waals surface area contributed by atoms with Crippen LogP contribution in [0.3, 0.4) is 0 Å². The van der Waals surface area contributed by atoms with Gasteiger partial charge < -0.3 is 29.2 Å². The molecule has 1 saturated carbocycles. The molecule has 0 radical (unpaired) electrons. The van der Waals surface area contributed by atoms with Gasteiger partial charge >= 0.3 is 0 Å². The van der Waals surface area contributed by atoms with Crippen molar-refractivity contribution in [3.63, 3.8) is 0 Å². The monoisotopic (exact) mass is 642 g/mol. The van der Waals surface area contributed by atoms with Gasteiger partial charge in [0.25, 0.3) is 0 Å². The van der Waals surface area contributed by atoms with Crippen LogP contribution in [0.15, 0.2) is 67.1 Å². The third kappa shape index (κ3) is 6.50. The van der Waals surface area contributed by atoms with E-state index in [0.29, 0.717) is 52.9 Å². The van der Waals surface area contributed by atoms with Crippen LogP contribution in [0.1, 0.15) is 29.0 Å². The van der Waals surface area contributed by atoms with E-state index >= 15 is 0 Å². The second kappa shape index (κ2) is 13.1. The van der Waals surface area contributed by atoms with E-state index in [0.717, 1.165) is 33.9 Å². The first-order valence-corrected chi connectivity index (χ1v) is 15.1. The molecule has 1 N–H and O–H groups in total. The molecule has 12 heteroatoms. The molecule has 1 aliphatic carbocycles. The largest absolute Gasteiger partial charge is 0.497 e. The summed E-state index contributed by atoms with van der Waals surface area (Å²) in [7, 11) is 8.36. The van der Waals surface area contributed by atoms with Crippen LogP contribution in [0, 0.1) is 5.92 Å². The van der Waals surface area contributed by atoms with Gasteiger partial charge in [-0.3, -0.25) is 9.48 Å². The number of fused-ring (bicyclic) bond motifs is 1. The third-order valence-corrected chi connectivity index (χ3v) is 8.40. The maximum Gasteiger partial charge on any atom is 0.229 e. The summed E-state index contributed by atoms with van der Waals surface area (Å²) in [6, 6.07) is 15.0. The minimum Gasteiger partial charge on any atom is -0.497 e. The fourth-order valence-corrected chi connectivity index (χ4v) is 5.89. The Morgan fingerprint density at radius 2 is 1.59 bits per heavy atom. The summed E-state index contributed by atoms with van der Waals surface area (Å²) in [5, 5.41) is 9.08. The van der Waals surface area contributed by atoms with Crippen molar-refractivity contribution in [1.29, 1.82) is 0 Å². The number of carbonyl (C=O) groups excluding carboxylic acids is 1. The Kier molecular flexibility index (Phi) is 8.85. The van der Waals surface area contributed by atoms with Gasteiger partial charge in [0, 0.05) is 67.1 Å². The Morgan fingerprint density at radius 3 is 2.15 bits per heavy atom. The molecular formula is C34H35ClN6O5. The second-order valence-electron chi connectivity index (χ2n) is 11.2. The molecule has 5 aromatic rings. The van der Waals surface area contributed by atoms with Gasteiger partial charge in [0.2, 0.25) is 5.91 Å². The van der Waals surface area contributed by atoms with Crippen LogP contribution in [0.5, 0.6) is 23.0 Å². The van der Waals surface area contributed by atoms with Gasteiger partial charge in [-0.05, 0) is 59.7 Å². The number of benzene rings is 2. The van der Waals surface area contributed by atoms with Crippen molar-refractivity contribution in [3.8, 4) is 23.0 Å². The minimum atomic E-state index is -0.118. The Bertz CT molecular complexity index is 1840. The van der Waals surface area contributed by atoms with Crippen LogP contribution in [-0.4, -0.2) is 54.1 Å². The van der Waals surface area contributed by atoms with Crippen molar-refractivity contribution in [2.75, 3.05) is 38.7 Å². The number of pyridine rings is 2. The van der Waals surface area contributed by atoms with E-state index in [9.17, 15) is 4.79 Å². The molecule has 2 unspecified atom stereocenters. The lowest BCUT2D eigenvalue weighted by atomic mass is 10.1. The summed E-state index contributed by atoms with van der Waals surface area (Å²) in [6.07, 6.45) is 6.28. The van der Waals surface area contributed by atoms with E-state index in [1.165, 1.54) is 0 Å². The zero-order valence-electron chi connectivity index (χ0n) is 26.3. The Hall–Kier alpha value is -5.03. The minimum absolute atomic E-state index is 0.0686. The van der Waals surface area contributed by atoms with Gasteiger partial charge in [-0.1, -0.05) is 11.6 Å². The molecule has 6 rings (SSSR count). The highest BCUT2D eigenvalue weighted by Crippen LogP contribution is 2.48. The Balaban J connectivity index is 1.34. The number of nitrogens with zero attached hydrogens (tertiary/aromatic N) is 5. The lowest BCUT2D eigenvalue weighted by molar-refractivity contribution is -0.117. The average Bonchev–Trinajstić information content (AvgIpc) is 3.76. The van der Waals surface area contributed by atoms with E-state index in [1.807, 2.05) is 61.9 Å². The summed E-state index contributed by atoms with van der Waals surface area (Å²) in [5.41, 5.74) is 2.89. The van der Waals surface area contributed by atoms with Gasteiger partial charge in [0.1, 0.15) is 39.8 Å². The predicted molar refractivity (Wildman–Crippen MR) is 176 cm³/mol. The third-order valence-electron chi connectivity index (χ3n) is 8.21. The van der Waals surface area contributed by atoms with Crippen LogP contribution in [0.2, 0.25) is 5.15 Å². The molecule has 2 atom stereocenters. The molecule has 1 aliphatic rings. The number of hydrogen-bond donors (Lipinski definition) is 1. The van der Waals surface area contributed by atoms with E-state index < -0.39 is 0 Å². The number of carbonyl (C=O) groups is 1. The number of rotatable bonds is 12. The standard InChI is InChI=1S/C34H35ClN6O5/c1-40-17-23(15-37-40)26-14-27(26)34(42)39-32-11-22-10-31(35)38-33(28(22)16-36-32)41(18-20-6-8-24(43-2)12-29(20)45-4)19-21-7-9-25(44-3)13-30(21)46-5/h6-13,15-17,26-27H,14,18-19H2,1-5H3,(H,36,39,42). The van der Waals surface area contributed by atoms with Crippen molar-refractivity contribution < 1.29 is 23.7 Å². The van der Waals surface area contributed by atoms with E-state index in [-0.39, 0.29) is 17.7 Å². The molecular weight excluding hydrogens is 608 g/mol. The Morgan fingerprint density at radius 1 is 0.935 bits per heavy atom. The number of aromatic nitrogens is 4. The highest BCUT2D eigenvalue weighted by Gasteiger charge is 2.44. The van der Waals surface area contributed by atoms with Gasteiger partial charge in [-0.2, -0.15) is 5.10 Å². The summed E-state index contributed by atoms with van der Waals surface area (Å²) >= 11 is 6.64. The number of halogens is 1. The zero-order chi connectivity index (χ0) is 32.4. The van der Waals surface area contributed by atoms with Crippen molar-refractivity contribution in [3.05, 3.63) is 89.0 Å². The normalized spacial score (nSPS) is 15.3. The molecule has 0 aliphatic heterocycles. The predicted octanol–water partition coefficient (Wildman–Crippen LogP) is 6.00. The van der Waals surface area contributed by atoms with E-state index in [2.05, 4.69) is 20.3 Å². The fourth-order valence-electron chi connectivity index (χ4n) is 5.69. The first kappa shape index (κ1) is 31.0. The lowest BCUT2D eigenvalue weighted by Gasteiger charge is -2.27. The second-order valence-corrected chi connectivity index (χ2v) is 11.5. The van der Waals surface area contributed by atoms with Crippen molar-refractivity contribution in [1.82, 2.24) is 19.7 Å². The molecule has 11 nitrogen and oxygen atoms in total. The zero-order valence-corrected chi connectivity index (χ0v) is 27.0. The topological polar surface area (TPSA) is 113 Å². The van der Waals surface area contributed by atoms with E-state index in [1.54, 1.807) is 45.4 Å². The van der Waals surface area contributed by atoms with Gasteiger partial charge in [-0.25, -0.2) is 9.97 Å². The number of methoxy groups -OCH3 is 4. The van der Waals surface area contributed by atoms with Gasteiger partial charge in [-0.15, -0.1) is 0 Å². The SMILES string of the molecule is COc1ccc(CN(Cc2ccc(OC)cc2OC)c2nc(Cl)cc3cc(NC(=O)C4CC4c4cnn(C)c4)ncc23)c(OC)c1. The van der Waals surface area contributed by atoms with Crippen LogP contribution in [0.25, 0.3) is 10.8 Å². The smallest absolute Gasteiger partial charge is 0.229 e. The number of aryl methyl sites for hydroxylation is 1. The first-order chi connectivity index (χ1) is 22.3. The van der Waals surface area contributed by atoms with Gasteiger partial charge in [0.05, 0.1) is 34.6 Å². The van der Waals surface area contributed by atoms with E-state index in [4.69, 9.17) is 35.5 Å². The molecule has 1 amide bonds. The van der Waals surface area contributed by atoms with Crippen molar-refractivity contribution in [2.45, 2.75) is 25.4 Å². The fraction of sp³-hybridized carbons (Fsp3) is 0.294. The molecule has 2 aromatic carbocycles. The molecule has 0 spiro atoms. The number of ether oxygens (including phenoxy) is 4. The first-order valence-electron chi connectivity index (χ1n) is 14.7. The lowest BCUT2D eigenvalue weighted by Crippen LogP contribution is -2.24. The van der Waals surface area contributed by atoms with Crippen LogP contribution in [-0.2, 0) is 24.9 Å². The molecule has 238 valence electrons. The average molecular weight is 643 g/mol. The van der Waals surface area contributed by atoms with Crippen LogP contribution < -0.4 is 29.2 Å². The number of hydrogen-bond acceptors (Lipinski definition) is 9. The van der Waals surface area contributed by atoms with Crippen LogP contribution in [0.4, 0.5) is 11.6 Å². The van der Waals surface area contributed by atoms with Crippen LogP contribution >= 0.6 is 11.6 Å². The molecule has 1 fully saturated rings. The number of amides is 1.